The molecule has 1 heterocycles. The van der Waals surface area contributed by atoms with E-state index in [0.717, 1.165) is 22.9 Å². The Morgan fingerprint density at radius 3 is 2.48 bits per heavy atom. The van der Waals surface area contributed by atoms with Crippen LogP contribution in [0.15, 0.2) is 34.1 Å². The van der Waals surface area contributed by atoms with Crippen molar-refractivity contribution in [3.8, 4) is 6.07 Å². The van der Waals surface area contributed by atoms with Gasteiger partial charge in [0.05, 0.1) is 16.3 Å². The number of amides is 1. The number of benzene rings is 1. The normalized spacial score (nSPS) is 10.1. The summed E-state index contributed by atoms with van der Waals surface area (Å²) in [5.74, 6) is -1.20. The van der Waals surface area contributed by atoms with Crippen LogP contribution in [0.3, 0.4) is 0 Å². The van der Waals surface area contributed by atoms with Crippen molar-refractivity contribution in [2.75, 3.05) is 17.7 Å². The zero-order chi connectivity index (χ0) is 20.0. The molecule has 27 heavy (non-hydrogen) atoms. The van der Waals surface area contributed by atoms with E-state index in [4.69, 9.17) is 10.00 Å². The van der Waals surface area contributed by atoms with Gasteiger partial charge in [0.15, 0.2) is 6.61 Å². The van der Waals surface area contributed by atoms with Crippen molar-refractivity contribution in [1.82, 2.24) is 4.98 Å². The number of rotatable bonds is 6. The molecule has 0 bridgehead atoms. The van der Waals surface area contributed by atoms with Gasteiger partial charge in [-0.1, -0.05) is 17.8 Å². The van der Waals surface area contributed by atoms with Gasteiger partial charge >= 0.3 is 5.97 Å². The van der Waals surface area contributed by atoms with Gasteiger partial charge in [0.2, 0.25) is 5.56 Å². The van der Waals surface area contributed by atoms with Crippen LogP contribution in [0, 0.1) is 32.1 Å². The number of ether oxygens (including phenoxy) is 1. The smallest absolute Gasteiger partial charge is 0.316 e. The molecule has 0 aliphatic heterocycles. The van der Waals surface area contributed by atoms with Crippen molar-refractivity contribution < 1.29 is 14.3 Å². The SMILES string of the molecule is Cc1cc(C)cc(NC(=O)COC(=O)CSc2[nH]c(=O)cc(C)c2C#N)c1. The summed E-state index contributed by atoms with van der Waals surface area (Å²) in [4.78, 5) is 37.8. The molecule has 2 aromatic rings. The van der Waals surface area contributed by atoms with Crippen molar-refractivity contribution in [3.63, 3.8) is 0 Å². The maximum absolute atomic E-state index is 11.9. The molecule has 8 heteroatoms. The number of nitrogens with one attached hydrogen (secondary N) is 2. The topological polar surface area (TPSA) is 112 Å². The lowest BCUT2D eigenvalue weighted by molar-refractivity contribution is -0.144. The van der Waals surface area contributed by atoms with Gasteiger partial charge in [0.25, 0.3) is 5.91 Å². The number of aryl methyl sites for hydroxylation is 3. The van der Waals surface area contributed by atoms with Gasteiger partial charge in [-0.2, -0.15) is 5.26 Å². The maximum atomic E-state index is 11.9. The highest BCUT2D eigenvalue weighted by molar-refractivity contribution is 7.99. The number of aromatic nitrogens is 1. The van der Waals surface area contributed by atoms with Gasteiger partial charge in [0, 0.05) is 11.8 Å². The number of aromatic amines is 1. The molecule has 0 aliphatic rings. The summed E-state index contributed by atoms with van der Waals surface area (Å²) in [6, 6.07) is 8.94. The van der Waals surface area contributed by atoms with E-state index < -0.39 is 18.5 Å². The van der Waals surface area contributed by atoms with E-state index in [9.17, 15) is 14.4 Å². The zero-order valence-corrected chi connectivity index (χ0v) is 16.0. The van der Waals surface area contributed by atoms with Crippen molar-refractivity contribution in [2.45, 2.75) is 25.8 Å². The fourth-order valence-corrected chi connectivity index (χ4v) is 3.34. The molecule has 0 spiro atoms. The first kappa shape index (κ1) is 20.3. The van der Waals surface area contributed by atoms with Crippen molar-refractivity contribution in [1.29, 1.82) is 5.26 Å². The lowest BCUT2D eigenvalue weighted by Gasteiger charge is -2.09. The second-order valence-corrected chi connectivity index (χ2v) is 6.99. The second-order valence-electron chi connectivity index (χ2n) is 6.01. The third kappa shape index (κ3) is 6.01. The Balaban J connectivity index is 1.87. The third-order valence-electron chi connectivity index (χ3n) is 3.52. The molecule has 0 aliphatic carbocycles. The lowest BCUT2D eigenvalue weighted by Crippen LogP contribution is -2.22. The number of hydrogen-bond donors (Lipinski definition) is 2. The van der Waals surface area contributed by atoms with Crippen molar-refractivity contribution >= 4 is 29.3 Å². The van der Waals surface area contributed by atoms with Crippen LogP contribution in [-0.4, -0.2) is 29.2 Å². The van der Waals surface area contributed by atoms with Gasteiger partial charge < -0.3 is 15.0 Å². The summed E-state index contributed by atoms with van der Waals surface area (Å²) in [6.07, 6.45) is 0. The Labute approximate surface area is 160 Å². The number of pyridine rings is 1. The highest BCUT2D eigenvalue weighted by Crippen LogP contribution is 2.21. The van der Waals surface area contributed by atoms with E-state index >= 15 is 0 Å². The molecule has 0 unspecified atom stereocenters. The summed E-state index contributed by atoms with van der Waals surface area (Å²) >= 11 is 0.983. The number of H-pyrrole nitrogens is 1. The van der Waals surface area contributed by atoms with E-state index in [-0.39, 0.29) is 11.3 Å². The number of carbonyl (C=O) groups excluding carboxylic acids is 2. The Kier molecular flexibility index (Phi) is 6.79. The van der Waals surface area contributed by atoms with E-state index in [1.165, 1.54) is 6.07 Å². The summed E-state index contributed by atoms with van der Waals surface area (Å²) in [7, 11) is 0. The highest BCUT2D eigenvalue weighted by atomic mass is 32.2. The average molecular weight is 385 g/mol. The molecule has 0 saturated carbocycles. The van der Waals surface area contributed by atoms with E-state index in [1.54, 1.807) is 6.92 Å². The van der Waals surface area contributed by atoms with Crippen molar-refractivity contribution in [3.05, 3.63) is 56.9 Å². The molecule has 140 valence electrons. The molecule has 0 fully saturated rings. The van der Waals surface area contributed by atoms with Gasteiger partial charge in [0.1, 0.15) is 6.07 Å². The fourth-order valence-electron chi connectivity index (χ4n) is 2.47. The summed E-state index contributed by atoms with van der Waals surface area (Å²) < 4.78 is 4.95. The Hall–Kier alpha value is -3.05. The summed E-state index contributed by atoms with van der Waals surface area (Å²) in [6.45, 7) is 5.07. The quantitative estimate of drug-likeness (QED) is 0.583. The van der Waals surface area contributed by atoms with Crippen LogP contribution < -0.4 is 10.9 Å². The van der Waals surface area contributed by atoms with E-state index in [0.29, 0.717) is 21.8 Å². The van der Waals surface area contributed by atoms with E-state index in [1.807, 2.05) is 38.1 Å². The molecule has 2 N–H and O–H groups in total. The highest BCUT2D eigenvalue weighted by Gasteiger charge is 2.13. The molecule has 0 saturated heterocycles. The average Bonchev–Trinajstić information content (AvgIpc) is 2.56. The molecular weight excluding hydrogens is 366 g/mol. The minimum absolute atomic E-state index is 0.134. The molecule has 1 aromatic heterocycles. The summed E-state index contributed by atoms with van der Waals surface area (Å²) in [5.41, 5.74) is 3.15. The van der Waals surface area contributed by atoms with Crippen LogP contribution in [0.5, 0.6) is 0 Å². The van der Waals surface area contributed by atoms with Crippen LogP contribution in [0.2, 0.25) is 0 Å². The van der Waals surface area contributed by atoms with Gasteiger partial charge in [-0.3, -0.25) is 14.4 Å². The Bertz CT molecular complexity index is 956. The first-order chi connectivity index (χ1) is 12.8. The predicted octanol–water partition coefficient (Wildman–Crippen LogP) is 2.45. The van der Waals surface area contributed by atoms with Crippen LogP contribution in [0.25, 0.3) is 0 Å². The van der Waals surface area contributed by atoms with Crippen molar-refractivity contribution in [2.24, 2.45) is 0 Å². The number of hydrogen-bond acceptors (Lipinski definition) is 6. The Morgan fingerprint density at radius 2 is 1.85 bits per heavy atom. The number of nitrogens with zero attached hydrogens (tertiary/aromatic N) is 1. The molecule has 0 atom stereocenters. The third-order valence-corrected chi connectivity index (χ3v) is 4.50. The van der Waals surface area contributed by atoms with Gasteiger partial charge in [-0.15, -0.1) is 0 Å². The maximum Gasteiger partial charge on any atom is 0.316 e. The first-order valence-electron chi connectivity index (χ1n) is 8.09. The molecule has 1 aromatic carbocycles. The molecular formula is C19H19N3O4S. The standard InChI is InChI=1S/C19H19N3O4S/c1-11-4-12(2)6-14(5-11)21-17(24)9-26-18(25)10-27-19-15(8-20)13(3)7-16(23)22-19/h4-7H,9-10H2,1-3H3,(H,21,24)(H,22,23). The van der Waals surface area contributed by atoms with Gasteiger partial charge in [-0.05, 0) is 49.6 Å². The van der Waals surface area contributed by atoms with E-state index in [2.05, 4.69) is 10.3 Å². The second kappa shape index (κ2) is 9.05. The zero-order valence-electron chi connectivity index (χ0n) is 15.2. The molecule has 1 amide bonds. The monoisotopic (exact) mass is 385 g/mol. The minimum atomic E-state index is -0.623. The molecule has 2 rings (SSSR count). The molecule has 7 nitrogen and oxygen atoms in total. The molecule has 0 radical (unpaired) electrons. The summed E-state index contributed by atoms with van der Waals surface area (Å²) in [5, 5.41) is 12.1. The number of anilines is 1. The van der Waals surface area contributed by atoms with Gasteiger partial charge in [-0.25, -0.2) is 0 Å². The Morgan fingerprint density at radius 1 is 1.19 bits per heavy atom. The largest absolute Gasteiger partial charge is 0.455 e. The number of thioether (sulfide) groups is 1. The number of carbonyl (C=O) groups is 2. The first-order valence-corrected chi connectivity index (χ1v) is 9.07. The minimum Gasteiger partial charge on any atom is -0.455 e. The van der Waals surface area contributed by atoms with Crippen LogP contribution in [0.1, 0.15) is 22.3 Å². The van der Waals surface area contributed by atoms with Crippen LogP contribution >= 0.6 is 11.8 Å². The number of nitriles is 1. The number of esters is 1. The fraction of sp³-hybridized carbons (Fsp3) is 0.263. The van der Waals surface area contributed by atoms with Crippen LogP contribution in [-0.2, 0) is 14.3 Å². The van der Waals surface area contributed by atoms with Crippen LogP contribution in [0.4, 0.5) is 5.69 Å². The predicted molar refractivity (Wildman–Crippen MR) is 103 cm³/mol. The lowest BCUT2D eigenvalue weighted by atomic mass is 10.1.